The molecule has 0 unspecified atom stereocenters. The molecule has 5 nitrogen and oxygen atoms in total. The van der Waals surface area contributed by atoms with Crippen LogP contribution in [0.4, 0.5) is 0 Å². The van der Waals surface area contributed by atoms with Crippen LogP contribution in [0.15, 0.2) is 0 Å². The molecule has 19 heavy (non-hydrogen) atoms. The largest absolute Gasteiger partial charge is 0.370 e. The molecule has 2 amide bonds. The lowest BCUT2D eigenvalue weighted by atomic mass is 9.93. The molecule has 108 valence electrons. The number of carbonyl (C=O) groups excluding carboxylic acids is 2. The Morgan fingerprint density at radius 3 is 2.32 bits per heavy atom. The van der Waals surface area contributed by atoms with Crippen LogP contribution in [0.1, 0.15) is 44.9 Å². The molecule has 3 N–H and O–H groups in total. The van der Waals surface area contributed by atoms with Crippen molar-refractivity contribution in [2.45, 2.75) is 51.0 Å². The summed E-state index contributed by atoms with van der Waals surface area (Å²) >= 11 is 0. The van der Waals surface area contributed by atoms with Crippen LogP contribution in [0.2, 0.25) is 0 Å². The van der Waals surface area contributed by atoms with Gasteiger partial charge in [0.15, 0.2) is 0 Å². The molecule has 1 saturated heterocycles. The molecule has 2 fully saturated rings. The summed E-state index contributed by atoms with van der Waals surface area (Å²) in [4.78, 5) is 24.8. The Hall–Kier alpha value is -1.10. The van der Waals surface area contributed by atoms with Crippen molar-refractivity contribution in [3.8, 4) is 0 Å². The van der Waals surface area contributed by atoms with Crippen molar-refractivity contribution in [3.05, 3.63) is 0 Å². The summed E-state index contributed by atoms with van der Waals surface area (Å²) in [6, 6.07) is 0.538. The maximum atomic E-state index is 12.1. The van der Waals surface area contributed by atoms with Crippen LogP contribution in [0.3, 0.4) is 0 Å². The number of nitrogens with zero attached hydrogens (tertiary/aromatic N) is 1. The minimum atomic E-state index is -0.229. The first-order valence-electron chi connectivity index (χ1n) is 7.44. The van der Waals surface area contributed by atoms with Crippen molar-refractivity contribution in [2.75, 3.05) is 19.6 Å². The van der Waals surface area contributed by atoms with Crippen molar-refractivity contribution < 1.29 is 9.59 Å². The highest BCUT2D eigenvalue weighted by molar-refractivity contribution is 5.78. The number of amides is 2. The molecule has 2 rings (SSSR count). The van der Waals surface area contributed by atoms with E-state index in [9.17, 15) is 9.59 Å². The van der Waals surface area contributed by atoms with E-state index in [1.54, 1.807) is 0 Å². The van der Waals surface area contributed by atoms with Crippen molar-refractivity contribution >= 4 is 11.8 Å². The van der Waals surface area contributed by atoms with Gasteiger partial charge in [0.05, 0.1) is 6.54 Å². The minimum absolute atomic E-state index is 0.199. The second kappa shape index (κ2) is 6.89. The number of nitrogens with two attached hydrogens (primary N) is 1. The minimum Gasteiger partial charge on any atom is -0.370 e. The molecule has 1 aliphatic carbocycles. The van der Waals surface area contributed by atoms with Gasteiger partial charge in [-0.05, 0) is 31.6 Å². The molecule has 0 spiro atoms. The normalized spacial score (nSPS) is 21.8. The van der Waals surface area contributed by atoms with Gasteiger partial charge in [0.25, 0.3) is 0 Å². The summed E-state index contributed by atoms with van der Waals surface area (Å²) in [5, 5.41) is 3.36. The number of piperidine rings is 1. The van der Waals surface area contributed by atoms with E-state index in [1.807, 2.05) is 4.90 Å². The van der Waals surface area contributed by atoms with Gasteiger partial charge in [-0.1, -0.05) is 12.8 Å². The van der Waals surface area contributed by atoms with E-state index in [1.165, 1.54) is 25.7 Å². The molecule has 2 aliphatic rings. The smallest absolute Gasteiger partial charge is 0.236 e. The lowest BCUT2D eigenvalue weighted by Crippen LogP contribution is -2.44. The van der Waals surface area contributed by atoms with Crippen LogP contribution in [0.25, 0.3) is 0 Å². The van der Waals surface area contributed by atoms with Gasteiger partial charge < -0.3 is 16.0 Å². The predicted molar refractivity (Wildman–Crippen MR) is 73.4 cm³/mol. The summed E-state index contributed by atoms with van der Waals surface area (Å²) < 4.78 is 0. The monoisotopic (exact) mass is 267 g/mol. The first-order valence-corrected chi connectivity index (χ1v) is 7.44. The highest BCUT2D eigenvalue weighted by Gasteiger charge is 2.24. The summed E-state index contributed by atoms with van der Waals surface area (Å²) in [7, 11) is 0. The van der Waals surface area contributed by atoms with Gasteiger partial charge >= 0.3 is 0 Å². The van der Waals surface area contributed by atoms with Gasteiger partial charge in [-0.3, -0.25) is 9.59 Å². The Labute approximate surface area is 114 Å². The number of hydrogen-bond acceptors (Lipinski definition) is 3. The molecule has 1 saturated carbocycles. The van der Waals surface area contributed by atoms with Crippen molar-refractivity contribution in [2.24, 2.45) is 11.7 Å². The van der Waals surface area contributed by atoms with E-state index in [4.69, 9.17) is 5.73 Å². The quantitative estimate of drug-likeness (QED) is 0.767. The Bertz CT molecular complexity index is 319. The van der Waals surface area contributed by atoms with E-state index in [0.717, 1.165) is 25.9 Å². The zero-order valence-electron chi connectivity index (χ0n) is 11.6. The number of hydrogen-bond donors (Lipinski definition) is 2. The second-order valence-corrected chi connectivity index (χ2v) is 5.86. The maximum absolute atomic E-state index is 12.1. The third kappa shape index (κ3) is 4.49. The third-order valence-electron chi connectivity index (χ3n) is 4.35. The Morgan fingerprint density at radius 2 is 1.74 bits per heavy atom. The van der Waals surface area contributed by atoms with Gasteiger partial charge in [0.2, 0.25) is 11.8 Å². The summed E-state index contributed by atoms with van der Waals surface area (Å²) in [6.07, 6.45) is 7.23. The Morgan fingerprint density at radius 1 is 1.11 bits per heavy atom. The molecule has 0 bridgehead atoms. The van der Waals surface area contributed by atoms with E-state index >= 15 is 0 Å². The van der Waals surface area contributed by atoms with Crippen LogP contribution in [-0.2, 0) is 9.59 Å². The van der Waals surface area contributed by atoms with Gasteiger partial charge in [-0.2, -0.15) is 0 Å². The topological polar surface area (TPSA) is 75.4 Å². The van der Waals surface area contributed by atoms with Crippen molar-refractivity contribution in [1.29, 1.82) is 0 Å². The average molecular weight is 267 g/mol. The molecule has 0 aromatic rings. The molecule has 1 aliphatic heterocycles. The SMILES string of the molecule is NC(=O)CC1CCN(C(=O)CNC2CCCC2)CC1. The van der Waals surface area contributed by atoms with E-state index in [0.29, 0.717) is 24.9 Å². The molecule has 1 heterocycles. The number of primary amides is 1. The zero-order valence-corrected chi connectivity index (χ0v) is 11.6. The van der Waals surface area contributed by atoms with Crippen LogP contribution in [0, 0.1) is 5.92 Å². The fourth-order valence-corrected chi connectivity index (χ4v) is 3.14. The van der Waals surface area contributed by atoms with Crippen LogP contribution in [-0.4, -0.2) is 42.4 Å². The molecule has 0 aromatic heterocycles. The average Bonchev–Trinajstić information content (AvgIpc) is 2.89. The Kier molecular flexibility index (Phi) is 5.19. The lowest BCUT2D eigenvalue weighted by molar-refractivity contribution is -0.131. The van der Waals surface area contributed by atoms with E-state index < -0.39 is 0 Å². The maximum Gasteiger partial charge on any atom is 0.236 e. The van der Waals surface area contributed by atoms with Gasteiger partial charge in [0, 0.05) is 25.6 Å². The molecule has 0 radical (unpaired) electrons. The number of likely N-dealkylation sites (tertiary alicyclic amines) is 1. The molecular weight excluding hydrogens is 242 g/mol. The van der Waals surface area contributed by atoms with Crippen LogP contribution >= 0.6 is 0 Å². The van der Waals surface area contributed by atoms with E-state index in [-0.39, 0.29) is 11.8 Å². The summed E-state index contributed by atoms with van der Waals surface area (Å²) in [5.74, 6) is 0.335. The molecule has 5 heteroatoms. The zero-order chi connectivity index (χ0) is 13.7. The number of rotatable bonds is 5. The molecular formula is C14H25N3O2. The van der Waals surface area contributed by atoms with Crippen molar-refractivity contribution in [1.82, 2.24) is 10.2 Å². The standard InChI is InChI=1S/C14H25N3O2/c15-13(18)9-11-5-7-17(8-6-11)14(19)10-16-12-3-1-2-4-12/h11-12,16H,1-10H2,(H2,15,18). The molecule has 0 aromatic carbocycles. The second-order valence-electron chi connectivity index (χ2n) is 5.86. The van der Waals surface area contributed by atoms with Crippen LogP contribution in [0.5, 0.6) is 0 Å². The Balaban J connectivity index is 1.65. The number of nitrogens with one attached hydrogen (secondary N) is 1. The first-order chi connectivity index (χ1) is 9.15. The first kappa shape index (κ1) is 14.3. The number of carbonyl (C=O) groups is 2. The highest BCUT2D eigenvalue weighted by Crippen LogP contribution is 2.20. The highest BCUT2D eigenvalue weighted by atomic mass is 16.2. The fourth-order valence-electron chi connectivity index (χ4n) is 3.14. The van der Waals surface area contributed by atoms with Gasteiger partial charge in [-0.25, -0.2) is 0 Å². The summed E-state index contributed by atoms with van der Waals surface area (Å²) in [6.45, 7) is 2.00. The van der Waals surface area contributed by atoms with Gasteiger partial charge in [0.1, 0.15) is 0 Å². The summed E-state index contributed by atoms with van der Waals surface area (Å²) in [5.41, 5.74) is 5.21. The van der Waals surface area contributed by atoms with Crippen LogP contribution < -0.4 is 11.1 Å². The fraction of sp³-hybridized carbons (Fsp3) is 0.857. The van der Waals surface area contributed by atoms with E-state index in [2.05, 4.69) is 5.32 Å². The van der Waals surface area contributed by atoms with Gasteiger partial charge in [-0.15, -0.1) is 0 Å². The molecule has 0 atom stereocenters. The third-order valence-corrected chi connectivity index (χ3v) is 4.35. The predicted octanol–water partition coefficient (Wildman–Crippen LogP) is 0.633. The van der Waals surface area contributed by atoms with Crippen molar-refractivity contribution in [3.63, 3.8) is 0 Å². The lowest BCUT2D eigenvalue weighted by Gasteiger charge is -2.32.